The van der Waals surface area contributed by atoms with Crippen molar-refractivity contribution in [3.8, 4) is 10.6 Å². The van der Waals surface area contributed by atoms with Crippen LogP contribution in [0.1, 0.15) is 21.8 Å². The summed E-state index contributed by atoms with van der Waals surface area (Å²) < 4.78 is 5.06. The number of carbonyl (C=O) groups is 1. The second-order valence-corrected chi connectivity index (χ2v) is 5.51. The molecule has 0 bridgehead atoms. The third-order valence-corrected chi connectivity index (χ3v) is 4.00. The molecule has 0 radical (unpaired) electrons. The molecular weight excluding hydrogens is 284 g/mol. The van der Waals surface area contributed by atoms with E-state index in [1.54, 1.807) is 23.5 Å². The van der Waals surface area contributed by atoms with Crippen LogP contribution in [0.15, 0.2) is 52.5 Å². The lowest BCUT2D eigenvalue weighted by molar-refractivity contribution is 0.0923. The van der Waals surface area contributed by atoms with Gasteiger partial charge in [-0.2, -0.15) is 0 Å². The fourth-order valence-electron chi connectivity index (χ4n) is 1.98. The highest BCUT2D eigenvalue weighted by atomic mass is 32.1. The number of aryl methyl sites for hydroxylation is 1. The summed E-state index contributed by atoms with van der Waals surface area (Å²) in [6.07, 6.45) is 1.49. The molecule has 1 aromatic carbocycles. The van der Waals surface area contributed by atoms with Crippen molar-refractivity contribution in [3.05, 3.63) is 65.1 Å². The maximum atomic E-state index is 11.8. The zero-order valence-electron chi connectivity index (χ0n) is 11.5. The summed E-state index contributed by atoms with van der Waals surface area (Å²) in [7, 11) is 0. The Kier molecular flexibility index (Phi) is 3.83. The first-order chi connectivity index (χ1) is 10.2. The number of hydrogen-bond donors (Lipinski definition) is 1. The highest BCUT2D eigenvalue weighted by Gasteiger charge is 2.08. The molecule has 106 valence electrons. The molecule has 0 aliphatic rings. The van der Waals surface area contributed by atoms with Crippen LogP contribution in [0.5, 0.6) is 0 Å². The number of benzene rings is 1. The third-order valence-electron chi connectivity index (χ3n) is 2.99. The van der Waals surface area contributed by atoms with Crippen molar-refractivity contribution >= 4 is 17.2 Å². The number of thiazole rings is 1. The molecule has 2 aromatic heterocycles. The smallest absolute Gasteiger partial charge is 0.287 e. The van der Waals surface area contributed by atoms with Gasteiger partial charge in [-0.3, -0.25) is 4.79 Å². The largest absolute Gasteiger partial charge is 0.459 e. The van der Waals surface area contributed by atoms with E-state index >= 15 is 0 Å². The van der Waals surface area contributed by atoms with Crippen molar-refractivity contribution in [2.24, 2.45) is 0 Å². The van der Waals surface area contributed by atoms with E-state index in [-0.39, 0.29) is 5.91 Å². The van der Waals surface area contributed by atoms with Crippen LogP contribution in [-0.4, -0.2) is 10.9 Å². The van der Waals surface area contributed by atoms with Gasteiger partial charge in [0.25, 0.3) is 5.91 Å². The molecule has 21 heavy (non-hydrogen) atoms. The highest BCUT2D eigenvalue weighted by Crippen LogP contribution is 2.24. The van der Waals surface area contributed by atoms with E-state index in [9.17, 15) is 4.79 Å². The first-order valence-electron chi connectivity index (χ1n) is 6.55. The Morgan fingerprint density at radius 3 is 2.95 bits per heavy atom. The fourth-order valence-corrected chi connectivity index (χ4v) is 2.77. The SMILES string of the molecule is Cc1csc(-c2cccc(CNC(=O)c3ccco3)c2)n1. The van der Waals surface area contributed by atoms with Crippen molar-refractivity contribution in [2.75, 3.05) is 0 Å². The van der Waals surface area contributed by atoms with Gasteiger partial charge in [-0.1, -0.05) is 18.2 Å². The summed E-state index contributed by atoms with van der Waals surface area (Å²) in [5.74, 6) is 0.109. The molecule has 0 unspecified atom stereocenters. The van der Waals surface area contributed by atoms with E-state index in [0.717, 1.165) is 21.8 Å². The van der Waals surface area contributed by atoms with Crippen LogP contribution in [0.4, 0.5) is 0 Å². The highest BCUT2D eigenvalue weighted by molar-refractivity contribution is 7.13. The Balaban J connectivity index is 1.70. The van der Waals surface area contributed by atoms with E-state index in [1.165, 1.54) is 6.26 Å². The van der Waals surface area contributed by atoms with Crippen molar-refractivity contribution in [3.63, 3.8) is 0 Å². The molecule has 3 aromatic rings. The van der Waals surface area contributed by atoms with Gasteiger partial charge in [-0.05, 0) is 30.7 Å². The van der Waals surface area contributed by atoms with E-state index in [4.69, 9.17) is 4.42 Å². The van der Waals surface area contributed by atoms with Gasteiger partial charge in [-0.15, -0.1) is 11.3 Å². The number of rotatable bonds is 4. The maximum absolute atomic E-state index is 11.8. The first-order valence-corrected chi connectivity index (χ1v) is 7.43. The molecule has 0 atom stereocenters. The van der Waals surface area contributed by atoms with Gasteiger partial charge in [-0.25, -0.2) is 4.98 Å². The Bertz CT molecular complexity index is 747. The van der Waals surface area contributed by atoms with Gasteiger partial charge in [0, 0.05) is 23.2 Å². The summed E-state index contributed by atoms with van der Waals surface area (Å²) >= 11 is 1.62. The third kappa shape index (κ3) is 3.20. The van der Waals surface area contributed by atoms with Crippen molar-refractivity contribution in [1.29, 1.82) is 0 Å². The number of hydrogen-bond acceptors (Lipinski definition) is 4. The molecule has 0 saturated carbocycles. The average molecular weight is 298 g/mol. The van der Waals surface area contributed by atoms with E-state index in [1.807, 2.05) is 36.6 Å². The van der Waals surface area contributed by atoms with Crippen LogP contribution in [0.2, 0.25) is 0 Å². The molecule has 1 N–H and O–H groups in total. The Morgan fingerprint density at radius 2 is 2.24 bits per heavy atom. The molecule has 5 heteroatoms. The van der Waals surface area contributed by atoms with E-state index < -0.39 is 0 Å². The number of aromatic nitrogens is 1. The summed E-state index contributed by atoms with van der Waals surface area (Å²) in [5, 5.41) is 5.86. The van der Waals surface area contributed by atoms with Crippen LogP contribution in [0, 0.1) is 6.92 Å². The Labute approximate surface area is 126 Å². The lowest BCUT2D eigenvalue weighted by Gasteiger charge is -2.05. The monoisotopic (exact) mass is 298 g/mol. The number of furan rings is 1. The minimum absolute atomic E-state index is 0.213. The van der Waals surface area contributed by atoms with Crippen molar-refractivity contribution < 1.29 is 9.21 Å². The molecule has 0 aliphatic heterocycles. The predicted octanol–water partition coefficient (Wildman–Crippen LogP) is 3.64. The van der Waals surface area contributed by atoms with Gasteiger partial charge >= 0.3 is 0 Å². The fraction of sp³-hybridized carbons (Fsp3) is 0.125. The summed E-state index contributed by atoms with van der Waals surface area (Å²) in [6, 6.07) is 11.4. The predicted molar refractivity (Wildman–Crippen MR) is 82.2 cm³/mol. The van der Waals surface area contributed by atoms with Gasteiger partial charge in [0.1, 0.15) is 5.01 Å². The van der Waals surface area contributed by atoms with Gasteiger partial charge in [0.15, 0.2) is 5.76 Å². The second kappa shape index (κ2) is 5.93. The molecule has 2 heterocycles. The van der Waals surface area contributed by atoms with Gasteiger partial charge in [0.05, 0.1) is 6.26 Å². The minimum atomic E-state index is -0.213. The average Bonchev–Trinajstić information content (AvgIpc) is 3.16. The van der Waals surface area contributed by atoms with Crippen molar-refractivity contribution in [2.45, 2.75) is 13.5 Å². The zero-order chi connectivity index (χ0) is 14.7. The molecule has 0 saturated heterocycles. The van der Waals surface area contributed by atoms with Crippen LogP contribution >= 0.6 is 11.3 Å². The summed E-state index contributed by atoms with van der Waals surface area (Å²) in [6.45, 7) is 2.44. The molecule has 4 nitrogen and oxygen atoms in total. The second-order valence-electron chi connectivity index (χ2n) is 4.65. The zero-order valence-corrected chi connectivity index (χ0v) is 12.3. The Hall–Kier alpha value is -2.40. The number of amides is 1. The van der Waals surface area contributed by atoms with Crippen molar-refractivity contribution in [1.82, 2.24) is 10.3 Å². The van der Waals surface area contributed by atoms with Crippen LogP contribution < -0.4 is 5.32 Å². The van der Waals surface area contributed by atoms with Gasteiger partial charge in [0.2, 0.25) is 0 Å². The number of nitrogens with zero attached hydrogens (tertiary/aromatic N) is 1. The maximum Gasteiger partial charge on any atom is 0.287 e. The number of nitrogens with one attached hydrogen (secondary N) is 1. The van der Waals surface area contributed by atoms with E-state index in [2.05, 4.69) is 10.3 Å². The minimum Gasteiger partial charge on any atom is -0.459 e. The van der Waals surface area contributed by atoms with Crippen LogP contribution in [0.25, 0.3) is 10.6 Å². The molecule has 0 aliphatic carbocycles. The summed E-state index contributed by atoms with van der Waals surface area (Å²) in [4.78, 5) is 16.3. The van der Waals surface area contributed by atoms with Crippen LogP contribution in [0.3, 0.4) is 0 Å². The Morgan fingerprint density at radius 1 is 1.33 bits per heavy atom. The molecular formula is C16H14N2O2S. The van der Waals surface area contributed by atoms with E-state index in [0.29, 0.717) is 12.3 Å². The lowest BCUT2D eigenvalue weighted by Crippen LogP contribution is -2.22. The lowest BCUT2D eigenvalue weighted by atomic mass is 10.1. The molecule has 0 fully saturated rings. The first kappa shape index (κ1) is 13.6. The molecule has 1 amide bonds. The molecule has 0 spiro atoms. The standard InChI is InChI=1S/C16H14N2O2S/c1-11-10-21-16(18-11)13-5-2-4-12(8-13)9-17-15(19)14-6-3-7-20-14/h2-8,10H,9H2,1H3,(H,17,19). The molecule has 3 rings (SSSR count). The summed E-state index contributed by atoms with van der Waals surface area (Å²) in [5.41, 5.74) is 3.12. The van der Waals surface area contributed by atoms with Gasteiger partial charge < -0.3 is 9.73 Å². The number of carbonyl (C=O) groups excluding carboxylic acids is 1. The normalized spacial score (nSPS) is 10.5. The van der Waals surface area contributed by atoms with Crippen LogP contribution in [-0.2, 0) is 6.54 Å². The topological polar surface area (TPSA) is 55.1 Å². The quantitative estimate of drug-likeness (QED) is 0.800.